The van der Waals surface area contributed by atoms with Crippen LogP contribution in [-0.2, 0) is 26.9 Å². The first-order valence-electron chi connectivity index (χ1n) is 10.6. The molecule has 2 aliphatic heterocycles. The van der Waals surface area contributed by atoms with Gasteiger partial charge in [0.15, 0.2) is 0 Å². The minimum Gasteiger partial charge on any atom is -0.352 e. The molecule has 1 saturated heterocycles. The van der Waals surface area contributed by atoms with E-state index in [0.717, 1.165) is 17.0 Å². The molecule has 0 aliphatic carbocycles. The highest BCUT2D eigenvalue weighted by molar-refractivity contribution is 6.42. The highest BCUT2D eigenvalue weighted by atomic mass is 35.5. The van der Waals surface area contributed by atoms with E-state index in [0.29, 0.717) is 10.4 Å². The number of hydrogen-bond donors (Lipinski definition) is 1. The van der Waals surface area contributed by atoms with E-state index < -0.39 is 52.3 Å². The average molecular weight is 501 g/mol. The minimum atomic E-state index is -3.89. The van der Waals surface area contributed by atoms with E-state index in [1.165, 1.54) is 30.3 Å². The molecule has 4 amide bonds. The number of alkyl halides is 2. The summed E-state index contributed by atoms with van der Waals surface area (Å²) in [6, 6.07) is 8.70. The highest BCUT2D eigenvalue weighted by Gasteiger charge is 2.51. The van der Waals surface area contributed by atoms with Crippen LogP contribution in [0.15, 0.2) is 42.5 Å². The van der Waals surface area contributed by atoms with Gasteiger partial charge in [0.1, 0.15) is 15.7 Å². The molecule has 4 rings (SSSR count). The van der Waals surface area contributed by atoms with Crippen molar-refractivity contribution in [2.75, 3.05) is 0 Å². The van der Waals surface area contributed by atoms with Gasteiger partial charge in [0.25, 0.3) is 11.8 Å². The number of hydrogen-bond acceptors (Lipinski definition) is 4. The van der Waals surface area contributed by atoms with Crippen LogP contribution in [0.5, 0.6) is 0 Å². The monoisotopic (exact) mass is 501 g/mol. The molecule has 1 N–H and O–H groups in total. The molecule has 36 heavy (non-hydrogen) atoms. The van der Waals surface area contributed by atoms with Crippen molar-refractivity contribution in [1.82, 2.24) is 15.0 Å². The summed E-state index contributed by atoms with van der Waals surface area (Å²) in [5, 5.41) is 2.29. The molecule has 2 aliphatic rings. The van der Waals surface area contributed by atoms with Gasteiger partial charge in [-0.25, -0.2) is 0 Å². The Hall–Kier alpha value is -3.07. The third-order valence-corrected chi connectivity index (χ3v) is 6.48. The highest BCUT2D eigenvalue weighted by Crippen LogP contribution is 2.38. The third kappa shape index (κ3) is 4.23. The van der Waals surface area contributed by atoms with Crippen LogP contribution < -0.4 is 5.32 Å². The van der Waals surface area contributed by atoms with Crippen LogP contribution in [0.4, 0.5) is 8.78 Å². The van der Waals surface area contributed by atoms with Crippen molar-refractivity contribution < 1.29 is 28.0 Å². The number of nitrogens with one attached hydrogen (secondary N) is 1. The van der Waals surface area contributed by atoms with Crippen LogP contribution >= 0.6 is 11.6 Å². The van der Waals surface area contributed by atoms with E-state index >= 15 is 0 Å². The molecule has 174 valence electrons. The SMILES string of the molecule is [B]C1C[C@@]([B])(N2Cc3cc(C([B])NC(=O)C(F)(F)c4ccc(Cl)cc4)ccc3C2=O)C(=O)N([B])C1=O. The van der Waals surface area contributed by atoms with Crippen LogP contribution in [0.1, 0.15) is 39.4 Å². The molecule has 0 aromatic heterocycles. The maximum absolute atomic E-state index is 14.6. The molecule has 1 fully saturated rings. The van der Waals surface area contributed by atoms with Crippen molar-refractivity contribution in [2.24, 2.45) is 0 Å². The van der Waals surface area contributed by atoms with Crippen molar-refractivity contribution in [3.05, 3.63) is 69.7 Å². The zero-order valence-electron chi connectivity index (χ0n) is 18.6. The van der Waals surface area contributed by atoms with Gasteiger partial charge < -0.3 is 15.0 Å². The number of amides is 4. The van der Waals surface area contributed by atoms with Crippen molar-refractivity contribution in [2.45, 2.75) is 36.1 Å². The number of halogens is 3. The Morgan fingerprint density at radius 2 is 1.81 bits per heavy atom. The molecule has 2 heterocycles. The lowest BCUT2D eigenvalue weighted by Gasteiger charge is -2.46. The fourth-order valence-corrected chi connectivity index (χ4v) is 4.31. The van der Waals surface area contributed by atoms with Crippen LogP contribution in [0, 0.1) is 0 Å². The molecular weight excluding hydrogens is 487 g/mol. The Morgan fingerprint density at radius 3 is 2.44 bits per heavy atom. The second-order valence-electron chi connectivity index (χ2n) is 8.59. The van der Waals surface area contributed by atoms with Crippen LogP contribution in [0.2, 0.25) is 10.8 Å². The van der Waals surface area contributed by atoms with Gasteiger partial charge in [0.2, 0.25) is 19.8 Å². The summed E-state index contributed by atoms with van der Waals surface area (Å²) in [5.74, 6) is -10.5. The lowest BCUT2D eigenvalue weighted by Crippen LogP contribution is -2.65. The maximum atomic E-state index is 14.6. The van der Waals surface area contributed by atoms with Crippen LogP contribution in [-0.4, -0.2) is 70.3 Å². The molecule has 0 saturated carbocycles. The fraction of sp³-hybridized carbons (Fsp3) is 0.273. The zero-order chi connectivity index (χ0) is 26.6. The average Bonchev–Trinajstić information content (AvgIpc) is 3.18. The molecule has 3 atom stereocenters. The third-order valence-electron chi connectivity index (χ3n) is 6.23. The molecule has 2 unspecified atom stereocenters. The summed E-state index contributed by atoms with van der Waals surface area (Å²) >= 11 is 5.71. The van der Waals surface area contributed by atoms with Gasteiger partial charge in [0.05, 0.1) is 13.3 Å². The number of carbonyl (C=O) groups is 4. The van der Waals surface area contributed by atoms with Crippen molar-refractivity contribution in [3.8, 4) is 0 Å². The first-order valence-corrected chi connectivity index (χ1v) is 11.0. The molecule has 7 nitrogen and oxygen atoms in total. The van der Waals surface area contributed by atoms with Crippen molar-refractivity contribution in [1.29, 1.82) is 0 Å². The molecule has 2 aromatic rings. The predicted molar refractivity (Wildman–Crippen MR) is 129 cm³/mol. The maximum Gasteiger partial charge on any atom is 0.349 e. The van der Waals surface area contributed by atoms with Gasteiger partial charge in [-0.05, 0) is 35.7 Å². The normalized spacial score (nSPS) is 23.0. The van der Waals surface area contributed by atoms with Crippen LogP contribution in [0.3, 0.4) is 0 Å². The smallest absolute Gasteiger partial charge is 0.349 e. The fourth-order valence-electron chi connectivity index (χ4n) is 4.18. The molecule has 2 aromatic carbocycles. The minimum absolute atomic E-state index is 0.166. The van der Waals surface area contributed by atoms with Crippen molar-refractivity contribution in [3.63, 3.8) is 0 Å². The Labute approximate surface area is 215 Å². The van der Waals surface area contributed by atoms with Gasteiger partial charge in [0, 0.05) is 34.5 Å². The Morgan fingerprint density at radius 1 is 1.17 bits per heavy atom. The standard InChI is InChI=1S/C22H14B4ClF2N3O4/c23-15-8-21(25,20(36)32(26)18(15)34)31-9-11-7-10(1-6-14(11)17(31)33)16(24)30-19(35)22(28,29)12-2-4-13(27)5-3-12/h1-7,15-16H,8-9H2,(H,30,35)/t15?,16?,21-/m1/s1. The van der Waals surface area contributed by atoms with Crippen LogP contribution in [0.25, 0.3) is 0 Å². The van der Waals surface area contributed by atoms with E-state index in [1.54, 1.807) is 0 Å². The predicted octanol–water partition coefficient (Wildman–Crippen LogP) is 1.04. The number of piperidine rings is 1. The summed E-state index contributed by atoms with van der Waals surface area (Å²) in [5.41, 5.74) is -1.77. The van der Waals surface area contributed by atoms with Gasteiger partial charge >= 0.3 is 5.92 Å². The summed E-state index contributed by atoms with van der Waals surface area (Å²) in [7, 11) is 23.5. The zero-order valence-corrected chi connectivity index (χ0v) is 19.3. The Bertz CT molecular complexity index is 1280. The summed E-state index contributed by atoms with van der Waals surface area (Å²) in [4.78, 5) is 51.2. The lowest BCUT2D eigenvalue weighted by molar-refractivity contribution is -0.148. The van der Waals surface area contributed by atoms with E-state index in [9.17, 15) is 28.0 Å². The number of fused-ring (bicyclic) bond motifs is 1. The van der Waals surface area contributed by atoms with Crippen molar-refractivity contribution >= 4 is 66.7 Å². The molecule has 0 bridgehead atoms. The molecule has 14 heteroatoms. The number of rotatable bonds is 5. The Kier molecular flexibility index (Phi) is 6.58. The van der Waals surface area contributed by atoms with Gasteiger partial charge in [-0.2, -0.15) is 8.78 Å². The van der Waals surface area contributed by atoms with E-state index in [1.807, 2.05) is 0 Å². The lowest BCUT2D eigenvalue weighted by atomic mass is 9.61. The topological polar surface area (TPSA) is 86.8 Å². The molecule has 0 spiro atoms. The second kappa shape index (κ2) is 9.10. The van der Waals surface area contributed by atoms with E-state index in [2.05, 4.69) is 5.32 Å². The van der Waals surface area contributed by atoms with Gasteiger partial charge in [-0.3, -0.25) is 19.2 Å². The quantitative estimate of drug-likeness (QED) is 0.491. The second-order valence-corrected chi connectivity index (χ2v) is 9.03. The van der Waals surface area contributed by atoms with E-state index in [-0.39, 0.29) is 29.1 Å². The molecular formula is C22H14B4ClF2N3O4. The van der Waals surface area contributed by atoms with Gasteiger partial charge in [-0.1, -0.05) is 35.9 Å². The largest absolute Gasteiger partial charge is 0.352 e. The first kappa shape index (κ1) is 26.0. The van der Waals surface area contributed by atoms with Gasteiger partial charge in [-0.15, -0.1) is 0 Å². The summed E-state index contributed by atoms with van der Waals surface area (Å²) in [6.45, 7) is -0.166. The number of benzene rings is 2. The Balaban J connectivity index is 1.53. The summed E-state index contributed by atoms with van der Waals surface area (Å²) < 4.78 is 29.2. The number of nitrogens with zero attached hydrogens (tertiary/aromatic N) is 2. The molecule has 8 radical (unpaired) electrons. The first-order chi connectivity index (χ1) is 16.8. The number of imide groups is 1. The van der Waals surface area contributed by atoms with E-state index in [4.69, 9.17) is 43.1 Å². The summed E-state index contributed by atoms with van der Waals surface area (Å²) in [6.07, 6.45) is -0.347. The number of carbonyl (C=O) groups excluding carboxylic acids is 4.